The predicted molar refractivity (Wildman–Crippen MR) is 179 cm³/mol. The van der Waals surface area contributed by atoms with E-state index >= 15 is 4.39 Å². The van der Waals surface area contributed by atoms with Gasteiger partial charge in [-0.05, 0) is 86.4 Å². The highest BCUT2D eigenvalue weighted by Crippen LogP contribution is 2.29. The Labute approximate surface area is 286 Å². The second-order valence-corrected chi connectivity index (χ2v) is 12.4. The molecular weight excluding hydrogens is 659 g/mol. The topological polar surface area (TPSA) is 94.6 Å². The van der Waals surface area contributed by atoms with Crippen molar-refractivity contribution >= 4 is 34.2 Å². The fraction of sp³-hybridized carbons (Fsp3) is 0.306. The van der Waals surface area contributed by atoms with Crippen LogP contribution in [0.2, 0.25) is 5.02 Å². The lowest BCUT2D eigenvalue weighted by Crippen LogP contribution is -2.38. The zero-order valence-corrected chi connectivity index (χ0v) is 27.8. The Hall–Kier alpha value is -4.81. The van der Waals surface area contributed by atoms with E-state index in [4.69, 9.17) is 26.1 Å². The Morgan fingerprint density at radius 3 is 2.57 bits per heavy atom. The van der Waals surface area contributed by atoms with Gasteiger partial charge in [0.25, 0.3) is 0 Å². The average Bonchev–Trinajstić information content (AvgIpc) is 3.67. The van der Waals surface area contributed by atoms with Crippen LogP contribution in [0, 0.1) is 17.5 Å². The number of imidazole rings is 2. The van der Waals surface area contributed by atoms with E-state index in [2.05, 4.69) is 9.88 Å². The van der Waals surface area contributed by atoms with Crippen LogP contribution in [-0.4, -0.2) is 54.3 Å². The molecule has 0 saturated carbocycles. The zero-order chi connectivity index (χ0) is 34.7. The number of carboxylic acids is 1. The first-order chi connectivity index (χ1) is 23.6. The van der Waals surface area contributed by atoms with Gasteiger partial charge in [0.05, 0.1) is 30.6 Å². The van der Waals surface area contributed by atoms with Crippen LogP contribution in [0.1, 0.15) is 49.3 Å². The van der Waals surface area contributed by atoms with Gasteiger partial charge in [-0.2, -0.15) is 0 Å². The Bertz CT molecular complexity index is 2020. The number of allylic oxidation sites excluding steroid dienone is 1. The zero-order valence-electron chi connectivity index (χ0n) is 27.0. The van der Waals surface area contributed by atoms with Gasteiger partial charge in [-0.3, -0.25) is 4.90 Å². The molecule has 3 heterocycles. The van der Waals surface area contributed by atoms with Gasteiger partial charge in [0, 0.05) is 42.5 Å². The molecule has 6 rings (SSSR count). The maximum absolute atomic E-state index is 15.5. The summed E-state index contributed by atoms with van der Waals surface area (Å²) in [6.45, 7) is 6.42. The highest BCUT2D eigenvalue weighted by Gasteiger charge is 2.25. The van der Waals surface area contributed by atoms with E-state index in [1.165, 1.54) is 24.3 Å². The van der Waals surface area contributed by atoms with E-state index in [0.717, 1.165) is 17.8 Å². The molecule has 13 heteroatoms. The summed E-state index contributed by atoms with van der Waals surface area (Å²) in [5, 5.41) is 9.49. The number of nitrogens with zero attached hydrogens (tertiary/aromatic N) is 5. The summed E-state index contributed by atoms with van der Waals surface area (Å²) in [5.74, 6) is -1.61. The summed E-state index contributed by atoms with van der Waals surface area (Å²) in [4.78, 5) is 22.6. The van der Waals surface area contributed by atoms with Crippen molar-refractivity contribution in [2.24, 2.45) is 0 Å². The number of hydrogen-bond donors (Lipinski definition) is 1. The van der Waals surface area contributed by atoms with Crippen LogP contribution in [-0.2, 0) is 31.0 Å². The Balaban J connectivity index is 1.16. The van der Waals surface area contributed by atoms with Crippen molar-refractivity contribution in [2.45, 2.75) is 59.0 Å². The first kappa shape index (κ1) is 34.1. The van der Waals surface area contributed by atoms with Crippen molar-refractivity contribution in [2.75, 3.05) is 13.1 Å². The molecule has 49 heavy (non-hydrogen) atoms. The molecule has 256 valence electrons. The molecule has 0 atom stereocenters. The molecule has 0 unspecified atom stereocenters. The van der Waals surface area contributed by atoms with Gasteiger partial charge >= 0.3 is 5.97 Å². The van der Waals surface area contributed by atoms with Gasteiger partial charge < -0.3 is 23.7 Å². The van der Waals surface area contributed by atoms with Crippen LogP contribution >= 0.6 is 11.6 Å². The third kappa shape index (κ3) is 7.92. The van der Waals surface area contributed by atoms with Crippen molar-refractivity contribution in [3.8, 4) is 11.5 Å². The molecule has 0 amide bonds. The number of rotatable bonds is 12. The second kappa shape index (κ2) is 14.8. The number of fused-ring (bicyclic) bond motifs is 1. The molecule has 1 aliphatic rings. The molecule has 1 aliphatic heterocycles. The van der Waals surface area contributed by atoms with Gasteiger partial charge in [0.15, 0.2) is 17.4 Å². The minimum Gasteiger partial charge on any atom is -0.490 e. The maximum atomic E-state index is 15.5. The van der Waals surface area contributed by atoms with Crippen molar-refractivity contribution in [1.29, 1.82) is 0 Å². The summed E-state index contributed by atoms with van der Waals surface area (Å²) in [6.07, 6.45) is 5.86. The SMILES string of the molecule is CCn1cncc1Cn1c(CN2CCC(Oc3ccc(F)c(COc4ccc(Cl)cc4F)c3)CC2)nc2c(F)cc(/C(C)=C/C(=O)O)cc21. The van der Waals surface area contributed by atoms with E-state index in [1.807, 2.05) is 16.1 Å². The summed E-state index contributed by atoms with van der Waals surface area (Å²) >= 11 is 5.80. The van der Waals surface area contributed by atoms with Crippen molar-refractivity contribution in [3.63, 3.8) is 0 Å². The number of benzene rings is 3. The van der Waals surface area contributed by atoms with Crippen LogP contribution in [0.15, 0.2) is 67.1 Å². The lowest BCUT2D eigenvalue weighted by atomic mass is 10.1. The van der Waals surface area contributed by atoms with Crippen molar-refractivity contribution < 1.29 is 32.5 Å². The quantitative estimate of drug-likeness (QED) is 0.135. The largest absolute Gasteiger partial charge is 0.490 e. The average molecular weight is 694 g/mol. The fourth-order valence-electron chi connectivity index (χ4n) is 6.01. The fourth-order valence-corrected chi connectivity index (χ4v) is 6.17. The van der Waals surface area contributed by atoms with Gasteiger partial charge in [-0.25, -0.2) is 27.9 Å². The van der Waals surface area contributed by atoms with Gasteiger partial charge in [-0.15, -0.1) is 0 Å². The number of aryl methyl sites for hydroxylation is 1. The summed E-state index contributed by atoms with van der Waals surface area (Å²) < 4.78 is 59.9. The number of ether oxygens (including phenoxy) is 2. The van der Waals surface area contributed by atoms with Crippen LogP contribution in [0.3, 0.4) is 0 Å². The van der Waals surface area contributed by atoms with Crippen LogP contribution in [0.25, 0.3) is 16.6 Å². The number of piperidine rings is 1. The smallest absolute Gasteiger partial charge is 0.328 e. The molecule has 2 aromatic heterocycles. The predicted octanol–water partition coefficient (Wildman–Crippen LogP) is 7.48. The van der Waals surface area contributed by atoms with Crippen molar-refractivity contribution in [1.82, 2.24) is 24.0 Å². The Morgan fingerprint density at radius 1 is 1.04 bits per heavy atom. The minimum absolute atomic E-state index is 0.0275. The third-order valence-corrected chi connectivity index (χ3v) is 8.87. The van der Waals surface area contributed by atoms with Crippen molar-refractivity contribution in [3.05, 3.63) is 112 Å². The standard InChI is InChI=1S/C36H35ClF3N5O4/c1-3-44-21-41-17-26(44)18-45-32-15-23(22(2)12-35(46)47)14-31(40)36(32)42-34(45)19-43-10-8-27(9-11-43)49-28-5-6-29(38)24(13-28)20-48-33-7-4-25(37)16-30(33)39/h4-7,12-17,21,27H,3,8-11,18-20H2,1-2H3,(H,46,47)/b22-12+. The van der Waals surface area contributed by atoms with Crippen LogP contribution in [0.5, 0.6) is 11.5 Å². The molecule has 1 saturated heterocycles. The van der Waals surface area contributed by atoms with Gasteiger partial charge in [0.1, 0.15) is 35.6 Å². The van der Waals surface area contributed by atoms with Gasteiger partial charge in [0.2, 0.25) is 0 Å². The van der Waals surface area contributed by atoms with Gasteiger partial charge in [-0.1, -0.05) is 11.6 Å². The van der Waals surface area contributed by atoms with E-state index in [9.17, 15) is 18.7 Å². The highest BCUT2D eigenvalue weighted by molar-refractivity contribution is 6.30. The molecule has 0 aliphatic carbocycles. The normalized spacial score (nSPS) is 14.4. The number of carboxylic acid groups (broad SMARTS) is 1. The first-order valence-corrected chi connectivity index (χ1v) is 16.3. The third-order valence-electron chi connectivity index (χ3n) is 8.64. The maximum Gasteiger partial charge on any atom is 0.328 e. The number of halogens is 4. The number of carbonyl (C=O) groups is 1. The van der Waals surface area contributed by atoms with E-state index in [1.54, 1.807) is 37.6 Å². The minimum atomic E-state index is -1.11. The van der Waals surface area contributed by atoms with E-state index in [-0.39, 0.29) is 34.6 Å². The molecule has 9 nitrogen and oxygen atoms in total. The van der Waals surface area contributed by atoms with E-state index in [0.29, 0.717) is 73.8 Å². The molecule has 1 fully saturated rings. The van der Waals surface area contributed by atoms with E-state index < -0.39 is 23.4 Å². The number of aromatic nitrogens is 4. The summed E-state index contributed by atoms with van der Waals surface area (Å²) in [6, 6.07) is 11.6. The summed E-state index contributed by atoms with van der Waals surface area (Å²) in [5.41, 5.74) is 2.85. The first-order valence-electron chi connectivity index (χ1n) is 15.9. The van der Waals surface area contributed by atoms with Crippen LogP contribution in [0.4, 0.5) is 13.2 Å². The Morgan fingerprint density at radius 2 is 1.84 bits per heavy atom. The monoisotopic (exact) mass is 693 g/mol. The molecule has 0 radical (unpaired) electrons. The second-order valence-electron chi connectivity index (χ2n) is 12.0. The highest BCUT2D eigenvalue weighted by atomic mass is 35.5. The number of likely N-dealkylation sites (tertiary alicyclic amines) is 1. The molecular formula is C36H35ClF3N5O4. The number of aliphatic carboxylic acids is 1. The Kier molecular flexibility index (Phi) is 10.3. The molecule has 0 bridgehead atoms. The molecule has 5 aromatic rings. The molecule has 3 aromatic carbocycles. The van der Waals surface area contributed by atoms with Crippen LogP contribution < -0.4 is 9.47 Å². The lowest BCUT2D eigenvalue weighted by Gasteiger charge is -2.32. The molecule has 1 N–H and O–H groups in total. The number of hydrogen-bond acceptors (Lipinski definition) is 6. The molecule has 0 spiro atoms. The lowest BCUT2D eigenvalue weighted by molar-refractivity contribution is -0.131. The summed E-state index contributed by atoms with van der Waals surface area (Å²) in [7, 11) is 0.